The number of nitrogens with zero attached hydrogens (tertiary/aromatic N) is 1. The Labute approximate surface area is 107 Å². The third-order valence-corrected chi connectivity index (χ3v) is 2.81. The molecular formula is C11H13BrN4O. The number of halogens is 1. The molecule has 0 spiro atoms. The van der Waals surface area contributed by atoms with E-state index in [0.29, 0.717) is 13.0 Å². The first-order valence-electron chi connectivity index (χ1n) is 5.36. The van der Waals surface area contributed by atoms with Gasteiger partial charge in [-0.1, -0.05) is 15.9 Å². The Bertz CT molecular complexity index is 511. The summed E-state index contributed by atoms with van der Waals surface area (Å²) in [5.41, 5.74) is 1.93. The lowest BCUT2D eigenvalue weighted by Crippen LogP contribution is -2.16. The quantitative estimate of drug-likeness (QED) is 0.563. The van der Waals surface area contributed by atoms with Crippen LogP contribution in [0.2, 0.25) is 0 Å². The number of imidazole rings is 1. The minimum absolute atomic E-state index is 0.669. The van der Waals surface area contributed by atoms with Gasteiger partial charge in [-0.05, 0) is 24.6 Å². The monoisotopic (exact) mass is 296 g/mol. The first kappa shape index (κ1) is 11.9. The van der Waals surface area contributed by atoms with E-state index in [0.717, 1.165) is 34.4 Å². The second kappa shape index (κ2) is 5.67. The van der Waals surface area contributed by atoms with Crippen LogP contribution in [0.3, 0.4) is 0 Å². The molecule has 0 saturated carbocycles. The summed E-state index contributed by atoms with van der Waals surface area (Å²) in [5, 5.41) is 5.79. The zero-order chi connectivity index (χ0) is 12.1. The highest BCUT2D eigenvalue weighted by atomic mass is 79.9. The number of nitrogens with one attached hydrogen (secondary N) is 3. The lowest BCUT2D eigenvalue weighted by molar-refractivity contribution is -0.109. The standard InChI is InChI=1S/C11H13BrN4O/c12-8-2-3-9-10(6-8)16-11(15-9)14-5-1-4-13-7-17/h2-3,6-7H,1,4-5H2,(H,13,17)(H2,14,15,16). The Morgan fingerprint density at radius 3 is 3.12 bits per heavy atom. The van der Waals surface area contributed by atoms with Gasteiger partial charge in [0, 0.05) is 17.6 Å². The molecular weight excluding hydrogens is 284 g/mol. The topological polar surface area (TPSA) is 69.8 Å². The number of benzene rings is 1. The molecule has 0 radical (unpaired) electrons. The zero-order valence-electron chi connectivity index (χ0n) is 9.16. The SMILES string of the molecule is O=CNCCCNc1nc2ccc(Br)cc2[nH]1. The van der Waals surface area contributed by atoms with Crippen molar-refractivity contribution in [3.8, 4) is 0 Å². The Kier molecular flexibility index (Phi) is 3.98. The van der Waals surface area contributed by atoms with Gasteiger partial charge in [0.2, 0.25) is 12.4 Å². The number of aromatic nitrogens is 2. The van der Waals surface area contributed by atoms with Crippen molar-refractivity contribution in [2.75, 3.05) is 18.4 Å². The highest BCUT2D eigenvalue weighted by Crippen LogP contribution is 2.19. The molecule has 5 nitrogen and oxygen atoms in total. The molecule has 90 valence electrons. The van der Waals surface area contributed by atoms with E-state index in [-0.39, 0.29) is 0 Å². The molecule has 1 amide bonds. The van der Waals surface area contributed by atoms with Crippen molar-refractivity contribution in [2.24, 2.45) is 0 Å². The number of carbonyl (C=O) groups is 1. The summed E-state index contributed by atoms with van der Waals surface area (Å²) in [6.07, 6.45) is 1.57. The van der Waals surface area contributed by atoms with Crippen molar-refractivity contribution in [2.45, 2.75) is 6.42 Å². The van der Waals surface area contributed by atoms with E-state index >= 15 is 0 Å². The van der Waals surface area contributed by atoms with Crippen LogP contribution in [0, 0.1) is 0 Å². The van der Waals surface area contributed by atoms with E-state index in [1.54, 1.807) is 0 Å². The fourth-order valence-electron chi connectivity index (χ4n) is 1.52. The summed E-state index contributed by atoms with van der Waals surface area (Å²) in [6, 6.07) is 5.90. The summed E-state index contributed by atoms with van der Waals surface area (Å²) in [4.78, 5) is 17.6. The summed E-state index contributed by atoms with van der Waals surface area (Å²) in [6.45, 7) is 1.43. The van der Waals surface area contributed by atoms with Gasteiger partial charge in [0.15, 0.2) is 0 Å². The van der Waals surface area contributed by atoms with Crippen molar-refractivity contribution >= 4 is 39.3 Å². The predicted octanol–water partition coefficient (Wildman–Crippen LogP) is 1.87. The number of fused-ring (bicyclic) bond motifs is 1. The van der Waals surface area contributed by atoms with Crippen LogP contribution in [0.25, 0.3) is 11.0 Å². The molecule has 1 heterocycles. The van der Waals surface area contributed by atoms with Gasteiger partial charge >= 0.3 is 0 Å². The van der Waals surface area contributed by atoms with Gasteiger partial charge in [0.1, 0.15) is 0 Å². The van der Waals surface area contributed by atoms with E-state index in [4.69, 9.17) is 0 Å². The lowest BCUT2D eigenvalue weighted by Gasteiger charge is -2.01. The van der Waals surface area contributed by atoms with Gasteiger partial charge in [0.05, 0.1) is 11.0 Å². The van der Waals surface area contributed by atoms with Crippen LogP contribution in [-0.2, 0) is 4.79 Å². The molecule has 0 aliphatic carbocycles. The third-order valence-electron chi connectivity index (χ3n) is 2.32. The van der Waals surface area contributed by atoms with Crippen LogP contribution in [0.5, 0.6) is 0 Å². The Morgan fingerprint density at radius 2 is 2.29 bits per heavy atom. The average Bonchev–Trinajstić information content (AvgIpc) is 2.70. The molecule has 0 fully saturated rings. The molecule has 0 bridgehead atoms. The number of amides is 1. The fraction of sp³-hybridized carbons (Fsp3) is 0.273. The zero-order valence-corrected chi connectivity index (χ0v) is 10.8. The molecule has 0 atom stereocenters. The fourth-order valence-corrected chi connectivity index (χ4v) is 1.88. The van der Waals surface area contributed by atoms with Gasteiger partial charge < -0.3 is 15.6 Å². The first-order valence-corrected chi connectivity index (χ1v) is 6.15. The molecule has 0 aliphatic rings. The third kappa shape index (κ3) is 3.20. The molecule has 0 saturated heterocycles. The maximum Gasteiger partial charge on any atom is 0.207 e. The van der Waals surface area contributed by atoms with Crippen molar-refractivity contribution in [1.29, 1.82) is 0 Å². The van der Waals surface area contributed by atoms with E-state index in [9.17, 15) is 4.79 Å². The van der Waals surface area contributed by atoms with E-state index in [2.05, 4.69) is 36.5 Å². The summed E-state index contributed by atoms with van der Waals surface area (Å²) in [7, 11) is 0. The molecule has 0 aliphatic heterocycles. The average molecular weight is 297 g/mol. The van der Waals surface area contributed by atoms with E-state index < -0.39 is 0 Å². The minimum Gasteiger partial charge on any atom is -0.359 e. The van der Waals surface area contributed by atoms with Gasteiger partial charge in [-0.3, -0.25) is 4.79 Å². The largest absolute Gasteiger partial charge is 0.359 e. The highest BCUT2D eigenvalue weighted by molar-refractivity contribution is 9.10. The summed E-state index contributed by atoms with van der Waals surface area (Å²) >= 11 is 3.41. The van der Waals surface area contributed by atoms with Crippen LogP contribution >= 0.6 is 15.9 Å². The van der Waals surface area contributed by atoms with Crippen LogP contribution in [0.15, 0.2) is 22.7 Å². The molecule has 3 N–H and O–H groups in total. The molecule has 2 aromatic rings. The molecule has 6 heteroatoms. The second-order valence-electron chi connectivity index (χ2n) is 3.60. The normalized spacial score (nSPS) is 10.4. The maximum absolute atomic E-state index is 10.0. The van der Waals surface area contributed by atoms with E-state index in [1.807, 2.05) is 18.2 Å². The van der Waals surface area contributed by atoms with Gasteiger partial charge in [-0.2, -0.15) is 0 Å². The van der Waals surface area contributed by atoms with Crippen molar-refractivity contribution < 1.29 is 4.79 Å². The maximum atomic E-state index is 10.0. The Balaban J connectivity index is 1.93. The molecule has 1 aromatic carbocycles. The van der Waals surface area contributed by atoms with Gasteiger partial charge in [-0.25, -0.2) is 4.98 Å². The lowest BCUT2D eigenvalue weighted by atomic mass is 10.3. The molecule has 2 rings (SSSR count). The summed E-state index contributed by atoms with van der Waals surface area (Å²) < 4.78 is 1.02. The van der Waals surface area contributed by atoms with Crippen LogP contribution in [0.4, 0.5) is 5.95 Å². The smallest absolute Gasteiger partial charge is 0.207 e. The molecule has 17 heavy (non-hydrogen) atoms. The molecule has 0 unspecified atom stereocenters. The number of aromatic amines is 1. The first-order chi connectivity index (χ1) is 8.29. The predicted molar refractivity (Wildman–Crippen MR) is 71.0 cm³/mol. The van der Waals surface area contributed by atoms with Crippen molar-refractivity contribution in [1.82, 2.24) is 15.3 Å². The minimum atomic E-state index is 0.669. The van der Waals surface area contributed by atoms with Gasteiger partial charge in [0.25, 0.3) is 0 Å². The Morgan fingerprint density at radius 1 is 1.41 bits per heavy atom. The van der Waals surface area contributed by atoms with Crippen LogP contribution < -0.4 is 10.6 Å². The summed E-state index contributed by atoms with van der Waals surface area (Å²) in [5.74, 6) is 0.754. The Hall–Kier alpha value is -1.56. The number of hydrogen-bond acceptors (Lipinski definition) is 3. The van der Waals surface area contributed by atoms with Crippen LogP contribution in [0.1, 0.15) is 6.42 Å². The second-order valence-corrected chi connectivity index (χ2v) is 4.51. The molecule has 1 aromatic heterocycles. The number of carbonyl (C=O) groups excluding carboxylic acids is 1. The number of anilines is 1. The highest BCUT2D eigenvalue weighted by Gasteiger charge is 2.01. The van der Waals surface area contributed by atoms with Crippen molar-refractivity contribution in [3.05, 3.63) is 22.7 Å². The van der Waals surface area contributed by atoms with E-state index in [1.165, 1.54) is 0 Å². The number of hydrogen-bond donors (Lipinski definition) is 3. The van der Waals surface area contributed by atoms with Gasteiger partial charge in [-0.15, -0.1) is 0 Å². The number of rotatable bonds is 6. The number of H-pyrrole nitrogens is 1. The van der Waals surface area contributed by atoms with Crippen LogP contribution in [-0.4, -0.2) is 29.5 Å². The van der Waals surface area contributed by atoms with Crippen molar-refractivity contribution in [3.63, 3.8) is 0 Å².